The number of carbonyl (C=O) groups is 1. The van der Waals surface area contributed by atoms with Crippen molar-refractivity contribution >= 4 is 5.97 Å². The Hall–Kier alpha value is -1.74. The minimum atomic E-state index is -1.20. The highest BCUT2D eigenvalue weighted by Crippen LogP contribution is 2.22. The van der Waals surface area contributed by atoms with E-state index in [1.165, 1.54) is 6.20 Å². The fraction of sp³-hybridized carbons (Fsp3) is 0.600. The summed E-state index contributed by atoms with van der Waals surface area (Å²) in [5, 5.41) is 37.5. The summed E-state index contributed by atoms with van der Waals surface area (Å²) in [6, 6.07) is 0. The molecule has 0 aliphatic heterocycles. The van der Waals surface area contributed by atoms with Gasteiger partial charge in [-0.3, -0.25) is 4.98 Å². The zero-order chi connectivity index (χ0) is 18.2. The van der Waals surface area contributed by atoms with Gasteiger partial charge in [0.2, 0.25) is 0 Å². The third kappa shape index (κ3) is 8.46. The Morgan fingerprint density at radius 3 is 2.39 bits per heavy atom. The highest BCUT2D eigenvalue weighted by molar-refractivity contribution is 5.64. The van der Waals surface area contributed by atoms with Crippen LogP contribution in [0.2, 0.25) is 0 Å². The predicted molar refractivity (Wildman–Crippen MR) is 83.0 cm³/mol. The van der Waals surface area contributed by atoms with Gasteiger partial charge in [0, 0.05) is 36.3 Å². The van der Waals surface area contributed by atoms with Crippen molar-refractivity contribution in [3.8, 4) is 5.75 Å². The van der Waals surface area contributed by atoms with Gasteiger partial charge in [-0.05, 0) is 6.92 Å². The van der Waals surface area contributed by atoms with Crippen molar-refractivity contribution in [3.63, 3.8) is 0 Å². The monoisotopic (exact) mass is 329 g/mol. The van der Waals surface area contributed by atoms with Crippen molar-refractivity contribution in [3.05, 3.63) is 23.0 Å². The Bertz CT molecular complexity index is 515. The van der Waals surface area contributed by atoms with Crippen LogP contribution in [-0.4, -0.2) is 64.5 Å². The van der Waals surface area contributed by atoms with E-state index in [0.29, 0.717) is 27.8 Å². The number of aliphatic hydroxyl groups is 2. The molecule has 0 saturated heterocycles. The molecule has 0 bridgehead atoms. The van der Waals surface area contributed by atoms with Crippen LogP contribution in [0, 0.1) is 6.92 Å². The first-order chi connectivity index (χ1) is 10.5. The van der Waals surface area contributed by atoms with Gasteiger partial charge in [-0.15, -0.1) is 0 Å². The summed E-state index contributed by atoms with van der Waals surface area (Å²) in [6.45, 7) is 2.18. The van der Waals surface area contributed by atoms with E-state index in [-0.39, 0.29) is 25.3 Å². The molecular weight excluding hydrogens is 302 g/mol. The Labute approximate surface area is 136 Å². The number of aryl methyl sites for hydroxylation is 1. The fourth-order valence-corrected chi connectivity index (χ4v) is 1.94. The fourth-order valence-electron chi connectivity index (χ4n) is 1.94. The van der Waals surface area contributed by atoms with E-state index in [0.717, 1.165) is 0 Å². The van der Waals surface area contributed by atoms with E-state index >= 15 is 0 Å². The van der Waals surface area contributed by atoms with Crippen LogP contribution < -0.4 is 10.8 Å². The van der Waals surface area contributed by atoms with E-state index in [1.54, 1.807) is 6.92 Å². The first kappa shape index (κ1) is 21.3. The lowest BCUT2D eigenvalue weighted by atomic mass is 10.1. The molecule has 1 heterocycles. The molecular formula is C15H27N3O5. The maximum atomic E-state index is 10.0. The number of hydrogen-bond donors (Lipinski definition) is 4. The van der Waals surface area contributed by atoms with Gasteiger partial charge < -0.3 is 35.4 Å². The molecule has 1 aromatic rings. The van der Waals surface area contributed by atoms with E-state index in [2.05, 4.69) is 4.98 Å². The molecule has 1 rings (SSSR count). The zero-order valence-electron chi connectivity index (χ0n) is 14.1. The van der Waals surface area contributed by atoms with Crippen molar-refractivity contribution in [1.82, 2.24) is 4.98 Å². The number of aromatic hydroxyl groups is 1. The van der Waals surface area contributed by atoms with Crippen LogP contribution in [0.5, 0.6) is 5.75 Å². The number of carbonyl (C=O) groups excluding carboxylic acids is 1. The highest BCUT2D eigenvalue weighted by atomic mass is 16.4. The second-order valence-corrected chi connectivity index (χ2v) is 6.26. The summed E-state index contributed by atoms with van der Waals surface area (Å²) in [6.07, 6.45) is 0.437. The van der Waals surface area contributed by atoms with Crippen molar-refractivity contribution in [1.29, 1.82) is 0 Å². The van der Waals surface area contributed by atoms with Gasteiger partial charge in [-0.2, -0.15) is 0 Å². The molecule has 0 aliphatic carbocycles. The number of aliphatic hydroxyl groups excluding tert-OH is 2. The van der Waals surface area contributed by atoms with Crippen molar-refractivity contribution in [2.45, 2.75) is 32.6 Å². The van der Waals surface area contributed by atoms with Crippen molar-refractivity contribution < 1.29 is 29.7 Å². The summed E-state index contributed by atoms with van der Waals surface area (Å²) < 4.78 is 0.550. The Morgan fingerprint density at radius 1 is 1.43 bits per heavy atom. The second-order valence-electron chi connectivity index (χ2n) is 6.26. The molecule has 0 aromatic carbocycles. The second kappa shape index (κ2) is 9.41. The average Bonchev–Trinajstić information content (AvgIpc) is 2.39. The number of pyridine rings is 1. The van der Waals surface area contributed by atoms with Gasteiger partial charge in [-0.1, -0.05) is 0 Å². The third-order valence-electron chi connectivity index (χ3n) is 2.97. The Kier molecular flexibility index (Phi) is 8.70. The lowest BCUT2D eigenvalue weighted by Crippen LogP contribution is -2.43. The number of quaternary nitrogens is 1. The standard InChI is InChI=1S/C8H12N2O2.C7H15NO3/c1-5-8(12)7(2-9)6(4-11)3-10-5;1-8(2,3)5-6(9)4-7(10)11/h3,11-12H,2,4,9H2,1H3;6,9H,4-5H2,1-3H3. The molecule has 23 heavy (non-hydrogen) atoms. The topological polar surface area (TPSA) is 140 Å². The number of likely N-dealkylation sites (N-methyl/N-ethyl adjacent to an activating group) is 1. The Balaban J connectivity index is 0.000000423. The predicted octanol–water partition coefficient (Wildman–Crippen LogP) is -1.76. The van der Waals surface area contributed by atoms with Gasteiger partial charge >= 0.3 is 0 Å². The van der Waals surface area contributed by atoms with Crippen LogP contribution in [0.25, 0.3) is 0 Å². The van der Waals surface area contributed by atoms with E-state index in [1.807, 2.05) is 21.1 Å². The number of hydrogen-bond acceptors (Lipinski definition) is 7. The SMILES string of the molecule is C[N+](C)(C)CC(O)CC(=O)[O-].Cc1ncc(CO)c(CN)c1O. The van der Waals surface area contributed by atoms with Crippen LogP contribution in [0.3, 0.4) is 0 Å². The van der Waals surface area contributed by atoms with E-state index in [4.69, 9.17) is 15.9 Å². The quantitative estimate of drug-likeness (QED) is 0.453. The molecule has 1 aromatic heterocycles. The van der Waals surface area contributed by atoms with Gasteiger partial charge in [0.05, 0.1) is 33.4 Å². The molecule has 8 nitrogen and oxygen atoms in total. The first-order valence-corrected chi connectivity index (χ1v) is 7.17. The number of nitrogens with two attached hydrogens (primary N) is 1. The minimum absolute atomic E-state index is 0.0871. The largest absolute Gasteiger partial charge is 0.550 e. The molecule has 1 unspecified atom stereocenters. The molecule has 0 radical (unpaired) electrons. The smallest absolute Gasteiger partial charge is 0.141 e. The summed E-state index contributed by atoms with van der Waals surface area (Å²) in [4.78, 5) is 13.9. The lowest BCUT2D eigenvalue weighted by Gasteiger charge is -2.26. The normalized spacial score (nSPS) is 12.3. The van der Waals surface area contributed by atoms with Crippen LogP contribution >= 0.6 is 0 Å². The third-order valence-corrected chi connectivity index (χ3v) is 2.97. The molecule has 0 aliphatic rings. The number of aromatic nitrogens is 1. The lowest BCUT2D eigenvalue weighted by molar-refractivity contribution is -0.873. The van der Waals surface area contributed by atoms with Crippen LogP contribution in [0.4, 0.5) is 0 Å². The van der Waals surface area contributed by atoms with Gasteiger partial charge in [-0.25, -0.2) is 0 Å². The average molecular weight is 329 g/mol. The Morgan fingerprint density at radius 2 is 2.00 bits per heavy atom. The molecule has 8 heteroatoms. The number of carboxylic acid groups (broad SMARTS) is 1. The van der Waals surface area contributed by atoms with Crippen molar-refractivity contribution in [2.24, 2.45) is 5.73 Å². The van der Waals surface area contributed by atoms with Crippen LogP contribution in [-0.2, 0) is 17.9 Å². The molecule has 1 atom stereocenters. The molecule has 0 amide bonds. The maximum absolute atomic E-state index is 10.0. The molecule has 0 fully saturated rings. The van der Waals surface area contributed by atoms with E-state index < -0.39 is 12.1 Å². The van der Waals surface area contributed by atoms with E-state index in [9.17, 15) is 15.0 Å². The molecule has 0 spiro atoms. The van der Waals surface area contributed by atoms with Gasteiger partial charge in [0.1, 0.15) is 18.4 Å². The summed E-state index contributed by atoms with van der Waals surface area (Å²) in [5.74, 6) is -1.12. The first-order valence-electron chi connectivity index (χ1n) is 7.17. The van der Waals surface area contributed by atoms with Crippen molar-refractivity contribution in [2.75, 3.05) is 27.7 Å². The molecule has 0 saturated carbocycles. The summed E-state index contributed by atoms with van der Waals surface area (Å²) >= 11 is 0. The summed E-state index contributed by atoms with van der Waals surface area (Å²) in [7, 11) is 5.66. The zero-order valence-corrected chi connectivity index (χ0v) is 14.1. The van der Waals surface area contributed by atoms with Crippen LogP contribution in [0.1, 0.15) is 23.2 Å². The van der Waals surface area contributed by atoms with Crippen LogP contribution in [0.15, 0.2) is 6.20 Å². The van der Waals surface area contributed by atoms with Gasteiger partial charge in [0.25, 0.3) is 0 Å². The number of aliphatic carboxylic acids is 1. The van der Waals surface area contributed by atoms with Gasteiger partial charge in [0.15, 0.2) is 0 Å². The number of carboxylic acids is 1. The molecule has 5 N–H and O–H groups in total. The number of rotatable bonds is 6. The minimum Gasteiger partial charge on any atom is -0.550 e. The molecule has 132 valence electrons. The maximum Gasteiger partial charge on any atom is 0.141 e. The number of nitrogens with zero attached hydrogens (tertiary/aromatic N) is 2. The highest BCUT2D eigenvalue weighted by Gasteiger charge is 2.14. The summed E-state index contributed by atoms with van der Waals surface area (Å²) in [5.41, 5.74) is 7.09.